The fourth-order valence-electron chi connectivity index (χ4n) is 3.03. The molecule has 1 amide bonds. The Morgan fingerprint density at radius 3 is 2.77 bits per heavy atom. The number of hydrogen-bond acceptors (Lipinski definition) is 4. The summed E-state index contributed by atoms with van der Waals surface area (Å²) in [5, 5.41) is 14.3. The van der Waals surface area contributed by atoms with Crippen LogP contribution in [0.5, 0.6) is 0 Å². The zero-order chi connectivity index (χ0) is 18.5. The van der Waals surface area contributed by atoms with Crippen molar-refractivity contribution in [2.45, 2.75) is 58.4 Å². The van der Waals surface area contributed by atoms with Crippen molar-refractivity contribution < 1.29 is 4.79 Å². The van der Waals surface area contributed by atoms with E-state index in [-0.39, 0.29) is 0 Å². The van der Waals surface area contributed by atoms with Crippen molar-refractivity contribution in [2.24, 2.45) is 4.99 Å². The van der Waals surface area contributed by atoms with E-state index in [1.54, 1.807) is 12.7 Å². The van der Waals surface area contributed by atoms with Gasteiger partial charge in [-0.1, -0.05) is 6.42 Å². The molecule has 2 rings (SSSR count). The summed E-state index contributed by atoms with van der Waals surface area (Å²) in [6.07, 6.45) is 10.6. The van der Waals surface area contributed by atoms with Gasteiger partial charge in [0.25, 0.3) is 0 Å². The lowest BCUT2D eigenvalue weighted by molar-refractivity contribution is -0.130. The third kappa shape index (κ3) is 7.84. The molecular weight excluding hydrogens is 330 g/mol. The quantitative estimate of drug-likeness (QED) is 0.373. The molecule has 8 heteroatoms. The molecule has 1 aromatic rings. The number of aromatic nitrogens is 3. The van der Waals surface area contributed by atoms with Crippen LogP contribution in [0.15, 0.2) is 17.6 Å². The van der Waals surface area contributed by atoms with Gasteiger partial charge in [-0.2, -0.15) is 0 Å². The maximum Gasteiger partial charge on any atom is 0.222 e. The molecule has 1 fully saturated rings. The van der Waals surface area contributed by atoms with Gasteiger partial charge in [-0.3, -0.25) is 9.79 Å². The van der Waals surface area contributed by atoms with Gasteiger partial charge in [-0.05, 0) is 39.0 Å². The monoisotopic (exact) mass is 363 g/mol. The molecule has 0 radical (unpaired) electrons. The number of guanidine groups is 1. The predicted molar refractivity (Wildman–Crippen MR) is 103 cm³/mol. The highest BCUT2D eigenvalue weighted by atomic mass is 16.2. The third-order valence-corrected chi connectivity index (χ3v) is 4.47. The van der Waals surface area contributed by atoms with Crippen molar-refractivity contribution >= 4 is 11.9 Å². The first kappa shape index (κ1) is 20.2. The number of aryl methyl sites for hydroxylation is 1. The van der Waals surface area contributed by atoms with E-state index in [1.807, 2.05) is 9.47 Å². The Morgan fingerprint density at radius 2 is 1.96 bits per heavy atom. The summed E-state index contributed by atoms with van der Waals surface area (Å²) in [4.78, 5) is 18.6. The zero-order valence-electron chi connectivity index (χ0n) is 16.0. The Hall–Kier alpha value is -2.12. The molecule has 0 bridgehead atoms. The number of nitrogens with zero attached hydrogens (tertiary/aromatic N) is 5. The highest BCUT2D eigenvalue weighted by molar-refractivity contribution is 5.79. The van der Waals surface area contributed by atoms with Crippen LogP contribution in [-0.2, 0) is 11.3 Å². The summed E-state index contributed by atoms with van der Waals surface area (Å²) in [5.74, 6) is 1.17. The van der Waals surface area contributed by atoms with E-state index in [0.29, 0.717) is 12.3 Å². The minimum atomic E-state index is 0.310. The summed E-state index contributed by atoms with van der Waals surface area (Å²) < 4.78 is 1.99. The number of rotatable bonds is 10. The van der Waals surface area contributed by atoms with Crippen LogP contribution in [0.1, 0.15) is 51.9 Å². The molecule has 26 heavy (non-hydrogen) atoms. The first-order valence-electron chi connectivity index (χ1n) is 9.92. The lowest BCUT2D eigenvalue weighted by atomic mass is 10.2. The normalized spacial score (nSPS) is 15.8. The van der Waals surface area contributed by atoms with E-state index in [2.05, 4.69) is 32.7 Å². The second-order valence-electron chi connectivity index (χ2n) is 6.64. The fraction of sp³-hybridized carbons (Fsp3) is 0.778. The molecule has 1 aromatic heterocycles. The van der Waals surface area contributed by atoms with E-state index in [1.165, 1.54) is 6.42 Å². The molecule has 8 nitrogen and oxygen atoms in total. The summed E-state index contributed by atoms with van der Waals surface area (Å²) in [6.45, 7) is 7.20. The third-order valence-electron chi connectivity index (χ3n) is 4.47. The Bertz CT molecular complexity index is 530. The molecular formula is C18H33N7O. The molecule has 0 spiro atoms. The second kappa shape index (κ2) is 12.3. The number of hydrogen-bond donors (Lipinski definition) is 2. The van der Waals surface area contributed by atoms with Crippen LogP contribution in [0.2, 0.25) is 0 Å². The van der Waals surface area contributed by atoms with Crippen LogP contribution in [-0.4, -0.2) is 64.3 Å². The standard InChI is InChI=1S/C18H33N7O/c1-2-19-18(20-10-5-7-12-24-15-22-23-16-24)21-11-8-14-25-13-6-3-4-9-17(25)26/h15-16H,2-14H2,1H3,(H2,19,20,21). The molecule has 2 N–H and O–H groups in total. The molecule has 1 saturated heterocycles. The highest BCUT2D eigenvalue weighted by Gasteiger charge is 2.15. The average molecular weight is 364 g/mol. The van der Waals surface area contributed by atoms with Gasteiger partial charge in [0, 0.05) is 45.7 Å². The zero-order valence-corrected chi connectivity index (χ0v) is 16.0. The van der Waals surface area contributed by atoms with Crippen molar-refractivity contribution in [2.75, 3.05) is 32.7 Å². The minimum absolute atomic E-state index is 0.310. The van der Waals surface area contributed by atoms with Crippen molar-refractivity contribution in [3.05, 3.63) is 12.7 Å². The van der Waals surface area contributed by atoms with E-state index in [0.717, 1.165) is 77.3 Å². The van der Waals surface area contributed by atoms with E-state index >= 15 is 0 Å². The molecule has 0 aliphatic carbocycles. The predicted octanol–water partition coefficient (Wildman–Crippen LogP) is 1.41. The molecule has 146 valence electrons. The van der Waals surface area contributed by atoms with Gasteiger partial charge >= 0.3 is 0 Å². The van der Waals surface area contributed by atoms with E-state index in [9.17, 15) is 4.79 Å². The van der Waals surface area contributed by atoms with Crippen LogP contribution in [0.25, 0.3) is 0 Å². The Kier molecular flexibility index (Phi) is 9.53. The van der Waals surface area contributed by atoms with Crippen LogP contribution in [0, 0.1) is 0 Å². The smallest absolute Gasteiger partial charge is 0.222 e. The number of likely N-dealkylation sites (tertiary alicyclic amines) is 1. The topological polar surface area (TPSA) is 87.4 Å². The maximum atomic E-state index is 12.0. The minimum Gasteiger partial charge on any atom is -0.357 e. The summed E-state index contributed by atoms with van der Waals surface area (Å²) in [6, 6.07) is 0. The summed E-state index contributed by atoms with van der Waals surface area (Å²) in [7, 11) is 0. The molecule has 1 aliphatic rings. The first-order valence-corrected chi connectivity index (χ1v) is 9.92. The molecule has 0 atom stereocenters. The Morgan fingerprint density at radius 1 is 1.12 bits per heavy atom. The van der Waals surface area contributed by atoms with Gasteiger partial charge in [0.2, 0.25) is 5.91 Å². The van der Waals surface area contributed by atoms with E-state index < -0.39 is 0 Å². The number of carbonyl (C=O) groups excluding carboxylic acids is 1. The molecule has 0 saturated carbocycles. The van der Waals surface area contributed by atoms with Gasteiger partial charge in [0.05, 0.1) is 0 Å². The number of aliphatic imine (C=N–C) groups is 1. The molecule has 0 aromatic carbocycles. The Labute approximate surface area is 156 Å². The van der Waals surface area contributed by atoms with Crippen molar-refractivity contribution in [3.8, 4) is 0 Å². The van der Waals surface area contributed by atoms with Crippen LogP contribution < -0.4 is 10.6 Å². The number of unbranched alkanes of at least 4 members (excludes halogenated alkanes) is 1. The number of amides is 1. The van der Waals surface area contributed by atoms with Crippen LogP contribution >= 0.6 is 0 Å². The van der Waals surface area contributed by atoms with Crippen LogP contribution in [0.3, 0.4) is 0 Å². The van der Waals surface area contributed by atoms with Gasteiger partial charge in [0.1, 0.15) is 12.7 Å². The van der Waals surface area contributed by atoms with Gasteiger partial charge in [0.15, 0.2) is 5.96 Å². The van der Waals surface area contributed by atoms with Gasteiger partial charge in [-0.15, -0.1) is 10.2 Å². The van der Waals surface area contributed by atoms with Crippen molar-refractivity contribution in [3.63, 3.8) is 0 Å². The molecule has 1 aliphatic heterocycles. The molecule has 2 heterocycles. The first-order chi connectivity index (χ1) is 12.8. The maximum absolute atomic E-state index is 12.0. The largest absolute Gasteiger partial charge is 0.357 e. The van der Waals surface area contributed by atoms with Crippen molar-refractivity contribution in [1.29, 1.82) is 0 Å². The van der Waals surface area contributed by atoms with Crippen molar-refractivity contribution in [1.82, 2.24) is 30.3 Å². The Balaban J connectivity index is 1.61. The summed E-state index contributed by atoms with van der Waals surface area (Å²) >= 11 is 0. The van der Waals surface area contributed by atoms with Gasteiger partial charge < -0.3 is 20.1 Å². The number of nitrogens with one attached hydrogen (secondary N) is 2. The van der Waals surface area contributed by atoms with E-state index in [4.69, 9.17) is 0 Å². The van der Waals surface area contributed by atoms with Crippen LogP contribution in [0.4, 0.5) is 0 Å². The second-order valence-corrected chi connectivity index (χ2v) is 6.64. The number of carbonyl (C=O) groups is 1. The lowest BCUT2D eigenvalue weighted by Crippen LogP contribution is -2.38. The SMILES string of the molecule is CCNC(=NCCCN1CCCCCC1=O)NCCCCn1cnnc1. The fourth-order valence-corrected chi connectivity index (χ4v) is 3.03. The average Bonchev–Trinajstić information content (AvgIpc) is 3.07. The highest BCUT2D eigenvalue weighted by Crippen LogP contribution is 2.11. The lowest BCUT2D eigenvalue weighted by Gasteiger charge is -2.20. The summed E-state index contributed by atoms with van der Waals surface area (Å²) in [5.41, 5.74) is 0. The van der Waals surface area contributed by atoms with Gasteiger partial charge in [-0.25, -0.2) is 0 Å². The molecule has 0 unspecified atom stereocenters.